The van der Waals surface area contributed by atoms with E-state index in [0.717, 1.165) is 18.5 Å². The van der Waals surface area contributed by atoms with Crippen LogP contribution < -0.4 is 5.32 Å². The van der Waals surface area contributed by atoms with Crippen LogP contribution in [-0.4, -0.2) is 86.2 Å². The molecule has 2 fully saturated rings. The summed E-state index contributed by atoms with van der Waals surface area (Å²) >= 11 is 0. The summed E-state index contributed by atoms with van der Waals surface area (Å²) in [6.45, 7) is 14.4. The predicted molar refractivity (Wildman–Crippen MR) is 90.8 cm³/mol. The highest BCUT2D eigenvalue weighted by molar-refractivity contribution is 4.86. The molecule has 2 aliphatic heterocycles. The Labute approximate surface area is 131 Å². The third-order valence-corrected chi connectivity index (χ3v) is 5.60. The molecule has 0 amide bonds. The second-order valence-corrected chi connectivity index (χ2v) is 7.61. The topological polar surface area (TPSA) is 21.8 Å². The maximum atomic E-state index is 3.88. The molecule has 0 aromatic rings. The Balaban J connectivity index is 1.80. The van der Waals surface area contributed by atoms with Gasteiger partial charge in [0.1, 0.15) is 0 Å². The highest BCUT2D eigenvalue weighted by Gasteiger charge is 2.27. The lowest BCUT2D eigenvalue weighted by molar-refractivity contribution is 0.0819. The minimum Gasteiger partial charge on any atom is -0.312 e. The molecule has 0 aromatic heterocycles. The Kier molecular flexibility index (Phi) is 6.48. The van der Waals surface area contributed by atoms with Crippen molar-refractivity contribution >= 4 is 0 Å². The maximum Gasteiger partial charge on any atom is 0.0244 e. The van der Waals surface area contributed by atoms with Gasteiger partial charge in [-0.15, -0.1) is 0 Å². The van der Waals surface area contributed by atoms with Gasteiger partial charge in [-0.25, -0.2) is 0 Å². The lowest BCUT2D eigenvalue weighted by Crippen LogP contribution is -2.55. The molecule has 0 spiro atoms. The summed E-state index contributed by atoms with van der Waals surface area (Å²) in [5.41, 5.74) is 0. The van der Waals surface area contributed by atoms with Gasteiger partial charge < -0.3 is 15.1 Å². The molecule has 2 rings (SSSR count). The van der Waals surface area contributed by atoms with Gasteiger partial charge in [-0.2, -0.15) is 0 Å². The molecule has 0 radical (unpaired) electrons. The van der Waals surface area contributed by atoms with Crippen molar-refractivity contribution in [3.8, 4) is 0 Å². The minimum absolute atomic E-state index is 0.689. The molecule has 3 unspecified atom stereocenters. The van der Waals surface area contributed by atoms with Crippen molar-refractivity contribution in [2.75, 3.05) is 53.4 Å². The molecule has 124 valence electrons. The van der Waals surface area contributed by atoms with Crippen LogP contribution in [0, 0.1) is 5.92 Å². The average molecular weight is 297 g/mol. The van der Waals surface area contributed by atoms with E-state index < -0.39 is 0 Å². The monoisotopic (exact) mass is 296 g/mol. The quantitative estimate of drug-likeness (QED) is 0.826. The normalized spacial score (nSPS) is 31.7. The predicted octanol–water partition coefficient (Wildman–Crippen LogP) is 1.33. The summed E-state index contributed by atoms with van der Waals surface area (Å²) in [6.07, 6.45) is 2.60. The van der Waals surface area contributed by atoms with E-state index in [9.17, 15) is 0 Å². The number of hydrogen-bond donors (Lipinski definition) is 1. The number of nitrogens with one attached hydrogen (secondary N) is 1. The molecule has 0 saturated carbocycles. The molecular formula is C17H36N4. The van der Waals surface area contributed by atoms with Gasteiger partial charge in [0.05, 0.1) is 0 Å². The SMILES string of the molecule is CC(C)C(CNC1CCN(C)C(C)C1)N1CCN(C)CC1. The van der Waals surface area contributed by atoms with Gasteiger partial charge in [0.25, 0.3) is 0 Å². The standard InChI is InChI=1S/C17H36N4/c1-14(2)17(21-10-8-19(4)9-11-21)13-18-16-6-7-20(5)15(3)12-16/h14-18H,6-13H2,1-5H3. The fourth-order valence-electron chi connectivity index (χ4n) is 3.70. The fourth-order valence-corrected chi connectivity index (χ4v) is 3.70. The highest BCUT2D eigenvalue weighted by Crippen LogP contribution is 2.17. The second-order valence-electron chi connectivity index (χ2n) is 7.61. The summed E-state index contributed by atoms with van der Waals surface area (Å²) in [6, 6.07) is 2.12. The molecule has 2 saturated heterocycles. The Bertz CT molecular complexity index is 299. The molecule has 0 bridgehead atoms. The van der Waals surface area contributed by atoms with Crippen molar-refractivity contribution in [1.82, 2.24) is 20.0 Å². The maximum absolute atomic E-state index is 3.88. The molecule has 0 aromatic carbocycles. The third-order valence-electron chi connectivity index (χ3n) is 5.60. The van der Waals surface area contributed by atoms with Crippen molar-refractivity contribution in [2.45, 2.75) is 51.7 Å². The van der Waals surface area contributed by atoms with Crippen LogP contribution in [0.3, 0.4) is 0 Å². The van der Waals surface area contributed by atoms with Crippen molar-refractivity contribution in [1.29, 1.82) is 0 Å². The first-order valence-corrected chi connectivity index (χ1v) is 8.83. The van der Waals surface area contributed by atoms with Gasteiger partial charge in [0.15, 0.2) is 0 Å². The first kappa shape index (κ1) is 17.2. The molecule has 3 atom stereocenters. The van der Waals surface area contributed by atoms with Gasteiger partial charge in [0.2, 0.25) is 0 Å². The minimum atomic E-state index is 0.689. The number of likely N-dealkylation sites (N-methyl/N-ethyl adjacent to an activating group) is 1. The lowest BCUT2D eigenvalue weighted by atomic mass is 9.97. The van der Waals surface area contributed by atoms with Gasteiger partial charge in [-0.05, 0) is 46.3 Å². The zero-order chi connectivity index (χ0) is 15.4. The number of nitrogens with zero attached hydrogens (tertiary/aromatic N) is 3. The Morgan fingerprint density at radius 1 is 1.05 bits per heavy atom. The largest absolute Gasteiger partial charge is 0.312 e. The van der Waals surface area contributed by atoms with E-state index in [1.807, 2.05) is 0 Å². The van der Waals surface area contributed by atoms with Crippen LogP contribution in [0.15, 0.2) is 0 Å². The Morgan fingerprint density at radius 2 is 1.71 bits per heavy atom. The highest BCUT2D eigenvalue weighted by atomic mass is 15.3. The van der Waals surface area contributed by atoms with E-state index in [-0.39, 0.29) is 0 Å². The van der Waals surface area contributed by atoms with Gasteiger partial charge in [-0.1, -0.05) is 13.8 Å². The first-order valence-electron chi connectivity index (χ1n) is 8.83. The summed E-state index contributed by atoms with van der Waals surface area (Å²) in [5, 5.41) is 3.88. The molecule has 21 heavy (non-hydrogen) atoms. The van der Waals surface area contributed by atoms with Crippen LogP contribution in [0.25, 0.3) is 0 Å². The van der Waals surface area contributed by atoms with Gasteiger partial charge in [0, 0.05) is 50.8 Å². The van der Waals surface area contributed by atoms with E-state index in [4.69, 9.17) is 0 Å². The Morgan fingerprint density at radius 3 is 2.29 bits per heavy atom. The van der Waals surface area contributed by atoms with Crippen LogP contribution in [0.4, 0.5) is 0 Å². The Hall–Kier alpha value is -0.160. The molecule has 2 heterocycles. The zero-order valence-corrected chi connectivity index (χ0v) is 14.8. The average Bonchev–Trinajstić information content (AvgIpc) is 2.44. The smallest absolute Gasteiger partial charge is 0.0244 e. The van der Waals surface area contributed by atoms with Crippen LogP contribution in [0.5, 0.6) is 0 Å². The van der Waals surface area contributed by atoms with Gasteiger partial charge in [-0.3, -0.25) is 4.90 Å². The van der Waals surface area contributed by atoms with E-state index in [1.165, 1.54) is 45.6 Å². The van der Waals surface area contributed by atoms with Crippen molar-refractivity contribution in [3.05, 3.63) is 0 Å². The van der Waals surface area contributed by atoms with Crippen LogP contribution in [0.1, 0.15) is 33.6 Å². The molecular weight excluding hydrogens is 260 g/mol. The summed E-state index contributed by atoms with van der Waals surface area (Å²) < 4.78 is 0. The number of rotatable bonds is 5. The number of piperazine rings is 1. The lowest BCUT2D eigenvalue weighted by Gasteiger charge is -2.41. The molecule has 4 nitrogen and oxygen atoms in total. The molecule has 4 heteroatoms. The van der Waals surface area contributed by atoms with Crippen LogP contribution >= 0.6 is 0 Å². The van der Waals surface area contributed by atoms with E-state index in [1.54, 1.807) is 0 Å². The van der Waals surface area contributed by atoms with Crippen molar-refractivity contribution in [2.24, 2.45) is 5.92 Å². The van der Waals surface area contributed by atoms with Crippen LogP contribution in [0.2, 0.25) is 0 Å². The van der Waals surface area contributed by atoms with Crippen LogP contribution in [-0.2, 0) is 0 Å². The zero-order valence-electron chi connectivity index (χ0n) is 14.8. The summed E-state index contributed by atoms with van der Waals surface area (Å²) in [4.78, 5) is 7.63. The van der Waals surface area contributed by atoms with E-state index in [0.29, 0.717) is 12.1 Å². The van der Waals surface area contributed by atoms with Crippen molar-refractivity contribution < 1.29 is 0 Å². The second kappa shape index (κ2) is 7.91. The van der Waals surface area contributed by atoms with E-state index in [2.05, 4.69) is 54.9 Å². The molecule has 1 N–H and O–H groups in total. The first-order chi connectivity index (χ1) is 9.97. The summed E-state index contributed by atoms with van der Waals surface area (Å²) in [7, 11) is 4.49. The fraction of sp³-hybridized carbons (Fsp3) is 1.00. The number of hydrogen-bond acceptors (Lipinski definition) is 4. The van der Waals surface area contributed by atoms with Crippen molar-refractivity contribution in [3.63, 3.8) is 0 Å². The van der Waals surface area contributed by atoms with Gasteiger partial charge >= 0.3 is 0 Å². The number of likely N-dealkylation sites (tertiary alicyclic amines) is 1. The number of piperidine rings is 1. The molecule has 0 aliphatic carbocycles. The summed E-state index contributed by atoms with van der Waals surface area (Å²) in [5.74, 6) is 0.726. The third kappa shape index (κ3) is 4.92. The molecule has 2 aliphatic rings. The van der Waals surface area contributed by atoms with E-state index >= 15 is 0 Å².